The van der Waals surface area contributed by atoms with Crippen molar-refractivity contribution in [3.05, 3.63) is 41.7 Å². The lowest BCUT2D eigenvalue weighted by molar-refractivity contribution is 0.218. The van der Waals surface area contributed by atoms with E-state index in [1.54, 1.807) is 30.3 Å². The molecule has 0 fully saturated rings. The topological polar surface area (TPSA) is 30.7 Å². The third-order valence-corrected chi connectivity index (χ3v) is 1.04. The molecule has 0 bridgehead atoms. The summed E-state index contributed by atoms with van der Waals surface area (Å²) in [6.45, 7) is 6.31. The van der Waals surface area contributed by atoms with Crippen molar-refractivity contribution >= 4 is 6.09 Å². The average Bonchev–Trinajstić information content (AvgIpc) is 2.06. The zero-order chi connectivity index (χ0) is 8.10. The Hall–Kier alpha value is -1.82. The summed E-state index contributed by atoms with van der Waals surface area (Å²) in [6.07, 6.45) is -0.906. The molecule has 0 atom stereocenters. The lowest BCUT2D eigenvalue weighted by Crippen LogP contribution is -1.98. The van der Waals surface area contributed by atoms with E-state index >= 15 is 0 Å². The van der Waals surface area contributed by atoms with Gasteiger partial charge in [0.15, 0.2) is 0 Å². The Morgan fingerprint density at radius 2 is 2.00 bits per heavy atom. The number of ether oxygens (including phenoxy) is 1. The fraction of sp³-hybridized carbons (Fsp3) is 0. The van der Waals surface area contributed by atoms with Crippen molar-refractivity contribution in [3.63, 3.8) is 0 Å². The van der Waals surface area contributed by atoms with Crippen LogP contribution in [0.2, 0.25) is 0 Å². The molecule has 0 N–H and O–H groups in total. The molecule has 0 unspecified atom stereocenters. The van der Waals surface area contributed by atoms with Crippen molar-refractivity contribution in [1.82, 2.24) is 0 Å². The summed E-state index contributed by atoms with van der Waals surface area (Å²) in [7, 11) is 0. The number of para-hydroxylation sites is 1. The summed E-state index contributed by atoms with van der Waals surface area (Å²) in [5.74, 6) is 0.397. The Labute approximate surface area is 64.0 Å². The van der Waals surface area contributed by atoms with E-state index in [9.17, 15) is 4.79 Å². The number of carbonyl (C=O) groups is 1. The summed E-state index contributed by atoms with van der Waals surface area (Å²) in [4.78, 5) is 13.0. The van der Waals surface area contributed by atoms with Crippen LogP contribution in [0.15, 0.2) is 30.3 Å². The maximum absolute atomic E-state index is 10.4. The predicted octanol–water partition coefficient (Wildman–Crippen LogP) is 2.10. The van der Waals surface area contributed by atoms with E-state index < -0.39 is 6.09 Å². The number of hydrogen-bond acceptors (Lipinski definition) is 2. The van der Waals surface area contributed by atoms with E-state index in [0.29, 0.717) is 5.75 Å². The van der Waals surface area contributed by atoms with Crippen LogP contribution in [0, 0.1) is 6.57 Å². The molecule has 11 heavy (non-hydrogen) atoms. The van der Waals surface area contributed by atoms with Crippen LogP contribution in [-0.2, 0) is 0 Å². The van der Waals surface area contributed by atoms with Gasteiger partial charge in [-0.05, 0) is 12.1 Å². The lowest BCUT2D eigenvalue weighted by atomic mass is 10.3. The molecule has 0 heterocycles. The highest BCUT2D eigenvalue weighted by atomic mass is 16.5. The molecule has 0 aliphatic carbocycles. The standard InChI is InChI=1S/C8H5NO2/c1-9-8(10)11-7-5-3-2-4-6-7/h2-6H. The SMILES string of the molecule is [C-]#[N+]C(=O)Oc1ccccc1. The van der Waals surface area contributed by atoms with Crippen molar-refractivity contribution in [3.8, 4) is 5.75 Å². The van der Waals surface area contributed by atoms with Crippen molar-refractivity contribution in [1.29, 1.82) is 0 Å². The second kappa shape index (κ2) is 3.37. The number of hydrogen-bond donors (Lipinski definition) is 0. The summed E-state index contributed by atoms with van der Waals surface area (Å²) in [5, 5.41) is 0. The minimum Gasteiger partial charge on any atom is -0.449 e. The van der Waals surface area contributed by atoms with Crippen molar-refractivity contribution in [2.45, 2.75) is 0 Å². The molecule has 0 saturated heterocycles. The molecule has 1 amide bonds. The lowest BCUT2D eigenvalue weighted by Gasteiger charge is -1.96. The minimum atomic E-state index is -0.906. The van der Waals surface area contributed by atoms with Gasteiger partial charge in [-0.15, -0.1) is 0 Å². The Morgan fingerprint density at radius 1 is 1.36 bits per heavy atom. The van der Waals surface area contributed by atoms with Gasteiger partial charge in [0, 0.05) is 0 Å². The quantitative estimate of drug-likeness (QED) is 0.569. The van der Waals surface area contributed by atoms with Gasteiger partial charge in [-0.3, -0.25) is 4.79 Å². The molecule has 0 aliphatic rings. The summed E-state index contributed by atoms with van der Waals surface area (Å²) in [5.41, 5.74) is 0. The second-order valence-corrected chi connectivity index (χ2v) is 1.79. The van der Waals surface area contributed by atoms with Gasteiger partial charge in [-0.1, -0.05) is 18.2 Å². The molecule has 1 aromatic carbocycles. The number of rotatable bonds is 1. The van der Waals surface area contributed by atoms with Gasteiger partial charge in [0.05, 0.1) is 0 Å². The first-order chi connectivity index (χ1) is 5.33. The van der Waals surface area contributed by atoms with E-state index in [1.165, 1.54) is 0 Å². The van der Waals surface area contributed by atoms with E-state index in [1.807, 2.05) is 0 Å². The molecule has 1 aromatic rings. The molecule has 0 aromatic heterocycles. The Morgan fingerprint density at radius 3 is 2.55 bits per heavy atom. The first-order valence-corrected chi connectivity index (χ1v) is 2.97. The van der Waals surface area contributed by atoms with Crippen LogP contribution in [0.25, 0.3) is 4.85 Å². The van der Waals surface area contributed by atoms with E-state index in [-0.39, 0.29) is 0 Å². The van der Waals surface area contributed by atoms with Gasteiger partial charge in [0.1, 0.15) is 12.3 Å². The fourth-order valence-corrected chi connectivity index (χ4v) is 0.612. The van der Waals surface area contributed by atoms with Crippen LogP contribution in [0.3, 0.4) is 0 Å². The second-order valence-electron chi connectivity index (χ2n) is 1.79. The molecule has 54 valence electrons. The van der Waals surface area contributed by atoms with Gasteiger partial charge in [-0.2, -0.15) is 4.85 Å². The van der Waals surface area contributed by atoms with Gasteiger partial charge in [0.2, 0.25) is 0 Å². The maximum Gasteiger partial charge on any atom is 0.566 e. The molecular weight excluding hydrogens is 142 g/mol. The van der Waals surface area contributed by atoms with Crippen LogP contribution in [0.1, 0.15) is 0 Å². The van der Waals surface area contributed by atoms with Crippen molar-refractivity contribution < 1.29 is 9.53 Å². The first-order valence-electron chi connectivity index (χ1n) is 2.97. The third kappa shape index (κ3) is 2.11. The molecule has 0 aliphatic heterocycles. The normalized spacial score (nSPS) is 8.27. The van der Waals surface area contributed by atoms with Crippen LogP contribution in [-0.4, -0.2) is 6.09 Å². The van der Waals surface area contributed by atoms with Crippen LogP contribution in [0.5, 0.6) is 5.75 Å². The van der Waals surface area contributed by atoms with Crippen LogP contribution in [0.4, 0.5) is 4.79 Å². The molecule has 0 saturated carbocycles. The third-order valence-electron chi connectivity index (χ3n) is 1.04. The highest BCUT2D eigenvalue weighted by molar-refractivity contribution is 5.80. The van der Waals surface area contributed by atoms with Gasteiger partial charge >= 0.3 is 6.09 Å². The fourth-order valence-electron chi connectivity index (χ4n) is 0.612. The zero-order valence-electron chi connectivity index (χ0n) is 5.65. The van der Waals surface area contributed by atoms with E-state index in [0.717, 1.165) is 0 Å². The minimum absolute atomic E-state index is 0.397. The molecule has 3 heteroatoms. The average molecular weight is 147 g/mol. The summed E-state index contributed by atoms with van der Waals surface area (Å²) >= 11 is 0. The molecule has 0 radical (unpaired) electrons. The number of benzene rings is 1. The van der Waals surface area contributed by atoms with E-state index in [4.69, 9.17) is 6.57 Å². The largest absolute Gasteiger partial charge is 0.566 e. The molecule has 1 rings (SSSR count). The maximum atomic E-state index is 10.4. The highest BCUT2D eigenvalue weighted by Gasteiger charge is 1.99. The summed E-state index contributed by atoms with van der Waals surface area (Å²) < 4.78 is 4.57. The van der Waals surface area contributed by atoms with Gasteiger partial charge < -0.3 is 4.74 Å². The van der Waals surface area contributed by atoms with Crippen LogP contribution >= 0.6 is 0 Å². The zero-order valence-corrected chi connectivity index (χ0v) is 5.65. The summed E-state index contributed by atoms with van der Waals surface area (Å²) in [6, 6.07) is 8.49. The molecular formula is C8H5NO2. The van der Waals surface area contributed by atoms with E-state index in [2.05, 4.69) is 9.58 Å². The van der Waals surface area contributed by atoms with Gasteiger partial charge in [0.25, 0.3) is 0 Å². The molecule has 0 spiro atoms. The molecule has 3 nitrogen and oxygen atoms in total. The number of carbonyl (C=O) groups excluding carboxylic acids is 1. The number of nitrogens with zero attached hydrogens (tertiary/aromatic N) is 1. The van der Waals surface area contributed by atoms with Crippen molar-refractivity contribution in [2.75, 3.05) is 0 Å². The Kier molecular flexibility index (Phi) is 2.24. The Bertz CT molecular complexity index is 287. The van der Waals surface area contributed by atoms with Crippen molar-refractivity contribution in [2.24, 2.45) is 0 Å². The number of amides is 1. The predicted molar refractivity (Wildman–Crippen MR) is 39.1 cm³/mol. The van der Waals surface area contributed by atoms with Gasteiger partial charge in [-0.25, -0.2) is 0 Å². The monoisotopic (exact) mass is 147 g/mol. The first kappa shape index (κ1) is 7.29. The Balaban J connectivity index is 2.67. The van der Waals surface area contributed by atoms with Crippen LogP contribution < -0.4 is 4.74 Å². The highest BCUT2D eigenvalue weighted by Crippen LogP contribution is 2.08. The smallest absolute Gasteiger partial charge is 0.449 e.